The van der Waals surface area contributed by atoms with E-state index in [9.17, 15) is 22.8 Å². The van der Waals surface area contributed by atoms with Gasteiger partial charge in [0, 0.05) is 18.7 Å². The fourth-order valence-corrected chi connectivity index (χ4v) is 6.72. The molecule has 2 aromatic carbocycles. The first kappa shape index (κ1) is 25.2. The number of H-pyrrole nitrogens is 1. The Morgan fingerprint density at radius 1 is 1.09 bits per heavy atom. The molecule has 0 atom stereocenters. The molecule has 0 spiro atoms. The molecule has 0 saturated heterocycles. The fraction of sp³-hybridized carbons (Fsp3) is 0.174. The molecular weight excluding hydrogens is 533 g/mol. The van der Waals surface area contributed by atoms with E-state index in [1.807, 2.05) is 6.92 Å². The predicted molar refractivity (Wildman–Crippen MR) is 139 cm³/mol. The van der Waals surface area contributed by atoms with Gasteiger partial charge in [-0.2, -0.15) is 0 Å². The molecule has 8 nitrogen and oxygen atoms in total. The van der Waals surface area contributed by atoms with Crippen molar-refractivity contribution in [2.75, 3.05) is 17.6 Å². The van der Waals surface area contributed by atoms with Crippen molar-refractivity contribution in [1.29, 1.82) is 0 Å². The van der Waals surface area contributed by atoms with Crippen LogP contribution in [0.2, 0.25) is 9.36 Å². The van der Waals surface area contributed by atoms with E-state index in [4.69, 9.17) is 23.2 Å². The number of Topliss-reactive ketones (excluding diaryl/α,β-unsaturated/α-hetero) is 1. The molecule has 35 heavy (non-hydrogen) atoms. The van der Waals surface area contributed by atoms with Crippen LogP contribution in [0.3, 0.4) is 0 Å². The van der Waals surface area contributed by atoms with Crippen molar-refractivity contribution in [1.82, 2.24) is 9.55 Å². The summed E-state index contributed by atoms with van der Waals surface area (Å²) in [5.41, 5.74) is 0.544. The number of hydrogen-bond acceptors (Lipinski definition) is 7. The Bertz CT molecular complexity index is 1670. The lowest BCUT2D eigenvalue weighted by atomic mass is 10.1. The number of fused-ring (bicyclic) bond motifs is 1. The molecule has 2 N–H and O–H groups in total. The van der Waals surface area contributed by atoms with Gasteiger partial charge in [0.1, 0.15) is 9.96 Å². The van der Waals surface area contributed by atoms with Gasteiger partial charge >= 0.3 is 5.69 Å². The minimum absolute atomic E-state index is 0.0248. The number of benzene rings is 2. The summed E-state index contributed by atoms with van der Waals surface area (Å²) in [6, 6.07) is 12.3. The molecule has 4 aromatic rings. The van der Waals surface area contributed by atoms with Crippen molar-refractivity contribution in [3.05, 3.63) is 84.3 Å². The van der Waals surface area contributed by atoms with Gasteiger partial charge in [0.05, 0.1) is 25.9 Å². The van der Waals surface area contributed by atoms with Crippen LogP contribution in [0.5, 0.6) is 0 Å². The minimum atomic E-state index is -3.80. The van der Waals surface area contributed by atoms with Crippen molar-refractivity contribution in [3.8, 4) is 5.69 Å². The number of anilines is 1. The molecule has 0 unspecified atom stereocenters. The van der Waals surface area contributed by atoms with E-state index in [0.29, 0.717) is 27.3 Å². The van der Waals surface area contributed by atoms with Crippen molar-refractivity contribution in [2.24, 2.45) is 0 Å². The maximum Gasteiger partial charge on any atom is 0.333 e. The topological polar surface area (TPSA) is 118 Å². The highest BCUT2D eigenvalue weighted by molar-refractivity contribution is 7.94. The number of ketones is 1. The Morgan fingerprint density at radius 2 is 1.86 bits per heavy atom. The Hall–Kier alpha value is -2.92. The summed E-state index contributed by atoms with van der Waals surface area (Å²) in [4.78, 5) is 40.9. The number of rotatable bonds is 8. The summed E-state index contributed by atoms with van der Waals surface area (Å²) in [6.45, 7) is 2.62. The monoisotopic (exact) mass is 551 g/mol. The number of nitrogens with one attached hydrogen (secondary N) is 2. The number of aromatic amines is 1. The normalized spacial score (nSPS) is 11.6. The molecule has 0 amide bonds. The van der Waals surface area contributed by atoms with E-state index in [2.05, 4.69) is 10.3 Å². The second-order valence-corrected chi connectivity index (χ2v) is 12.0. The first-order chi connectivity index (χ1) is 16.6. The second-order valence-electron chi connectivity index (χ2n) is 7.68. The summed E-state index contributed by atoms with van der Waals surface area (Å²) in [6.07, 6.45) is -0.186. The van der Waals surface area contributed by atoms with Gasteiger partial charge in [-0.15, -0.1) is 11.3 Å². The van der Waals surface area contributed by atoms with E-state index in [1.54, 1.807) is 18.2 Å². The van der Waals surface area contributed by atoms with Crippen LogP contribution >= 0.6 is 34.5 Å². The lowest BCUT2D eigenvalue weighted by Crippen LogP contribution is -2.33. The standard InChI is InChI=1S/C23H19Cl2N3O5S2/c1-2-26-14-4-5-16-18(11-14)27-23(31)28(22(16)30)19-6-3-13(10-17(19)24)9-15(29)12-35(32,33)21-8-7-20(25)34-21/h3-8,10-11,26H,2,9,12H2,1H3,(H,27,31). The molecule has 0 fully saturated rings. The number of aromatic nitrogens is 2. The largest absolute Gasteiger partial charge is 0.385 e. The predicted octanol–water partition coefficient (Wildman–Crippen LogP) is 4.06. The first-order valence-corrected chi connectivity index (χ1v) is 13.6. The first-order valence-electron chi connectivity index (χ1n) is 10.4. The molecule has 0 aliphatic heterocycles. The molecule has 4 rings (SSSR count). The highest BCUT2D eigenvalue weighted by Gasteiger charge is 2.22. The summed E-state index contributed by atoms with van der Waals surface area (Å²) in [5, 5.41) is 3.49. The van der Waals surface area contributed by atoms with E-state index in [-0.39, 0.29) is 21.3 Å². The Kier molecular flexibility index (Phi) is 7.18. The number of thiophene rings is 1. The summed E-state index contributed by atoms with van der Waals surface area (Å²) in [5.74, 6) is -1.21. The fourth-order valence-electron chi connectivity index (χ4n) is 3.62. The lowest BCUT2D eigenvalue weighted by molar-refractivity contribution is -0.116. The number of carbonyl (C=O) groups is 1. The van der Waals surface area contributed by atoms with Crippen LogP contribution in [0, 0.1) is 0 Å². The third kappa shape index (κ3) is 5.35. The molecule has 12 heteroatoms. The van der Waals surface area contributed by atoms with Crippen molar-refractivity contribution in [3.63, 3.8) is 0 Å². The second kappa shape index (κ2) is 9.98. The van der Waals surface area contributed by atoms with Crippen molar-refractivity contribution in [2.45, 2.75) is 17.6 Å². The zero-order valence-corrected chi connectivity index (χ0v) is 21.4. The number of nitrogens with zero attached hydrogens (tertiary/aromatic N) is 1. The average molecular weight is 552 g/mol. The van der Waals surface area contributed by atoms with Gasteiger partial charge in [-0.25, -0.2) is 17.8 Å². The third-order valence-electron chi connectivity index (χ3n) is 5.14. The molecule has 0 aliphatic rings. The SMILES string of the molecule is CCNc1ccc2c(=O)n(-c3ccc(CC(=O)CS(=O)(=O)c4ccc(Cl)s4)cc3Cl)c(=O)[nH]c2c1. The lowest BCUT2D eigenvalue weighted by Gasteiger charge is -2.11. The molecule has 0 saturated carbocycles. The van der Waals surface area contributed by atoms with Crippen LogP contribution in [0.15, 0.2) is 62.3 Å². The summed E-state index contributed by atoms with van der Waals surface area (Å²) < 4.78 is 26.1. The third-order valence-corrected chi connectivity index (χ3v) is 8.93. The van der Waals surface area contributed by atoms with Gasteiger partial charge in [-0.3, -0.25) is 9.59 Å². The Labute approximate surface area is 214 Å². The zero-order chi connectivity index (χ0) is 25.3. The molecule has 2 aromatic heterocycles. The highest BCUT2D eigenvalue weighted by Crippen LogP contribution is 2.27. The van der Waals surface area contributed by atoms with Gasteiger partial charge in [-0.1, -0.05) is 29.3 Å². The van der Waals surface area contributed by atoms with E-state index in [1.165, 1.54) is 30.3 Å². The van der Waals surface area contributed by atoms with Crippen LogP contribution in [0.1, 0.15) is 12.5 Å². The zero-order valence-electron chi connectivity index (χ0n) is 18.3. The molecule has 0 aliphatic carbocycles. The van der Waals surface area contributed by atoms with Crippen molar-refractivity contribution >= 4 is 66.7 Å². The Morgan fingerprint density at radius 3 is 2.51 bits per heavy atom. The molecule has 2 heterocycles. The highest BCUT2D eigenvalue weighted by atomic mass is 35.5. The molecular formula is C23H19Cl2N3O5S2. The van der Waals surface area contributed by atoms with Crippen LogP contribution in [0.4, 0.5) is 5.69 Å². The van der Waals surface area contributed by atoms with Crippen LogP contribution in [0.25, 0.3) is 16.6 Å². The smallest absolute Gasteiger partial charge is 0.333 e. The minimum Gasteiger partial charge on any atom is -0.385 e. The van der Waals surface area contributed by atoms with Gasteiger partial charge < -0.3 is 10.3 Å². The number of halogens is 2. The summed E-state index contributed by atoms with van der Waals surface area (Å²) in [7, 11) is -3.80. The van der Waals surface area contributed by atoms with Gasteiger partial charge in [0.2, 0.25) is 0 Å². The van der Waals surface area contributed by atoms with E-state index < -0.39 is 32.6 Å². The van der Waals surface area contributed by atoms with Crippen LogP contribution < -0.4 is 16.6 Å². The summed E-state index contributed by atoms with van der Waals surface area (Å²) >= 11 is 13.1. The number of hydrogen-bond donors (Lipinski definition) is 2. The van der Waals surface area contributed by atoms with Gasteiger partial charge in [0.15, 0.2) is 15.6 Å². The van der Waals surface area contributed by atoms with Crippen molar-refractivity contribution < 1.29 is 13.2 Å². The maximum absolute atomic E-state index is 13.1. The molecule has 0 bridgehead atoms. The van der Waals surface area contributed by atoms with Gasteiger partial charge in [0.25, 0.3) is 5.56 Å². The van der Waals surface area contributed by atoms with Crippen LogP contribution in [-0.2, 0) is 21.1 Å². The molecule has 182 valence electrons. The number of sulfone groups is 1. The number of carbonyl (C=O) groups excluding carboxylic acids is 1. The van der Waals surface area contributed by atoms with Gasteiger partial charge in [-0.05, 0) is 55.0 Å². The van der Waals surface area contributed by atoms with E-state index >= 15 is 0 Å². The molecule has 0 radical (unpaired) electrons. The quantitative estimate of drug-likeness (QED) is 0.341. The average Bonchev–Trinajstić information content (AvgIpc) is 3.22. The Balaban J connectivity index is 1.61. The van der Waals surface area contributed by atoms with Crippen LogP contribution in [-0.4, -0.2) is 36.0 Å². The van der Waals surface area contributed by atoms with E-state index in [0.717, 1.165) is 21.6 Å². The maximum atomic E-state index is 13.1.